The molecule has 0 aliphatic carbocycles. The van der Waals surface area contributed by atoms with Crippen molar-refractivity contribution in [3.8, 4) is 11.1 Å². The third-order valence-electron chi connectivity index (χ3n) is 4.91. The highest BCUT2D eigenvalue weighted by Crippen LogP contribution is 2.35. The molecular weight excluding hydrogens is 338 g/mol. The smallest absolute Gasteiger partial charge is 0.337 e. The number of halogens is 1. The summed E-state index contributed by atoms with van der Waals surface area (Å²) in [5.41, 5.74) is 4.13. The van der Waals surface area contributed by atoms with Crippen LogP contribution >= 0.6 is 11.6 Å². The Balaban J connectivity index is 1.72. The first-order valence-electron chi connectivity index (χ1n) is 8.35. The average molecular weight is 356 g/mol. The topological polar surface area (TPSA) is 62.3 Å². The zero-order valence-corrected chi connectivity index (χ0v) is 14.3. The molecular formula is C20H18ClNO3. The van der Waals surface area contributed by atoms with Crippen molar-refractivity contribution in [1.82, 2.24) is 4.98 Å². The van der Waals surface area contributed by atoms with Crippen LogP contribution in [0.1, 0.15) is 34.7 Å². The number of carbonyl (C=O) groups is 1. The number of aromatic amines is 1. The molecule has 0 amide bonds. The molecule has 5 heteroatoms. The summed E-state index contributed by atoms with van der Waals surface area (Å²) in [5.74, 6) is -0.404. The summed E-state index contributed by atoms with van der Waals surface area (Å²) in [6.45, 7) is 1.64. The molecule has 2 N–H and O–H groups in total. The van der Waals surface area contributed by atoms with Gasteiger partial charge in [0.15, 0.2) is 0 Å². The third-order valence-corrected chi connectivity index (χ3v) is 5.23. The maximum absolute atomic E-state index is 11.4. The summed E-state index contributed by atoms with van der Waals surface area (Å²) in [6.07, 6.45) is 3.61. The van der Waals surface area contributed by atoms with E-state index < -0.39 is 5.97 Å². The number of rotatable bonds is 3. The number of aromatic carboxylic acids is 1. The van der Waals surface area contributed by atoms with Gasteiger partial charge in [0.1, 0.15) is 0 Å². The van der Waals surface area contributed by atoms with Crippen LogP contribution in [-0.4, -0.2) is 29.3 Å². The minimum absolute atomic E-state index is 0.256. The molecule has 0 bridgehead atoms. The van der Waals surface area contributed by atoms with Crippen molar-refractivity contribution in [1.29, 1.82) is 0 Å². The van der Waals surface area contributed by atoms with Crippen LogP contribution in [0, 0.1) is 0 Å². The summed E-state index contributed by atoms with van der Waals surface area (Å²) < 4.78 is 5.43. The van der Waals surface area contributed by atoms with E-state index in [9.17, 15) is 9.90 Å². The van der Waals surface area contributed by atoms with Gasteiger partial charge in [0.2, 0.25) is 0 Å². The first kappa shape index (κ1) is 16.2. The number of ether oxygens (including phenoxy) is 1. The van der Waals surface area contributed by atoms with E-state index in [-0.39, 0.29) is 5.56 Å². The highest BCUT2D eigenvalue weighted by atomic mass is 35.5. The van der Waals surface area contributed by atoms with Crippen molar-refractivity contribution in [2.24, 2.45) is 0 Å². The number of carboxylic acid groups (broad SMARTS) is 1. The largest absolute Gasteiger partial charge is 0.478 e. The maximum atomic E-state index is 11.4. The van der Waals surface area contributed by atoms with Crippen LogP contribution in [-0.2, 0) is 4.74 Å². The fourth-order valence-electron chi connectivity index (χ4n) is 3.51. The van der Waals surface area contributed by atoms with Gasteiger partial charge in [-0.2, -0.15) is 0 Å². The normalized spacial score (nSPS) is 15.6. The summed E-state index contributed by atoms with van der Waals surface area (Å²) >= 11 is 6.43. The molecule has 1 aliphatic rings. The number of benzene rings is 2. The van der Waals surface area contributed by atoms with Gasteiger partial charge in [0.25, 0.3) is 0 Å². The Morgan fingerprint density at radius 3 is 2.56 bits per heavy atom. The second-order valence-corrected chi connectivity index (χ2v) is 6.80. The summed E-state index contributed by atoms with van der Waals surface area (Å²) in [4.78, 5) is 14.3. The number of H-pyrrole nitrogens is 1. The number of fused-ring (bicyclic) bond motifs is 1. The van der Waals surface area contributed by atoms with Gasteiger partial charge < -0.3 is 14.8 Å². The highest BCUT2D eigenvalue weighted by Gasteiger charge is 2.17. The van der Waals surface area contributed by atoms with Gasteiger partial charge in [-0.05, 0) is 42.0 Å². The van der Waals surface area contributed by atoms with Gasteiger partial charge in [0.05, 0.1) is 10.6 Å². The van der Waals surface area contributed by atoms with Crippen molar-refractivity contribution in [3.05, 3.63) is 58.7 Å². The van der Waals surface area contributed by atoms with Gasteiger partial charge in [0, 0.05) is 35.9 Å². The summed E-state index contributed by atoms with van der Waals surface area (Å²) in [6, 6.07) is 12.0. The van der Waals surface area contributed by atoms with Gasteiger partial charge in [-0.3, -0.25) is 0 Å². The molecule has 128 valence electrons. The molecule has 4 nitrogen and oxygen atoms in total. The zero-order chi connectivity index (χ0) is 17.4. The van der Waals surface area contributed by atoms with Crippen LogP contribution in [0.2, 0.25) is 5.02 Å². The van der Waals surface area contributed by atoms with E-state index in [1.807, 2.05) is 6.07 Å². The van der Waals surface area contributed by atoms with E-state index in [1.165, 1.54) is 11.8 Å². The Bertz CT molecular complexity index is 924. The Labute approximate surface area is 150 Å². The number of hydrogen-bond acceptors (Lipinski definition) is 2. The molecule has 4 rings (SSSR count). The van der Waals surface area contributed by atoms with Gasteiger partial charge in [-0.15, -0.1) is 0 Å². The van der Waals surface area contributed by atoms with Crippen LogP contribution in [0.15, 0.2) is 42.6 Å². The molecule has 25 heavy (non-hydrogen) atoms. The molecule has 1 fully saturated rings. The SMILES string of the molecule is O=C(O)c1c[nH]c2cc(Cl)c(-c3ccc(C4CCOCC4)cc3)cc12. The van der Waals surface area contributed by atoms with Crippen LogP contribution in [0.3, 0.4) is 0 Å². The van der Waals surface area contributed by atoms with E-state index in [0.717, 1.165) is 42.7 Å². The molecule has 3 aromatic rings. The third kappa shape index (κ3) is 3.03. The van der Waals surface area contributed by atoms with E-state index in [4.69, 9.17) is 16.3 Å². The Kier molecular flexibility index (Phi) is 4.24. The van der Waals surface area contributed by atoms with E-state index >= 15 is 0 Å². The lowest BCUT2D eigenvalue weighted by atomic mass is 9.90. The molecule has 0 saturated carbocycles. The van der Waals surface area contributed by atoms with Crippen LogP contribution in [0.25, 0.3) is 22.0 Å². The molecule has 1 saturated heterocycles. The first-order valence-corrected chi connectivity index (χ1v) is 8.73. The predicted octanol–water partition coefficient (Wildman–Crippen LogP) is 5.08. The fourth-order valence-corrected chi connectivity index (χ4v) is 3.78. The predicted molar refractivity (Wildman–Crippen MR) is 98.5 cm³/mol. The molecule has 0 atom stereocenters. The number of aromatic nitrogens is 1. The lowest BCUT2D eigenvalue weighted by molar-refractivity contribution is 0.0699. The average Bonchev–Trinajstić information content (AvgIpc) is 3.05. The number of carboxylic acids is 1. The number of nitrogens with one attached hydrogen (secondary N) is 1. The monoisotopic (exact) mass is 355 g/mol. The molecule has 1 aliphatic heterocycles. The molecule has 2 aromatic carbocycles. The van der Waals surface area contributed by atoms with Crippen molar-refractivity contribution in [2.45, 2.75) is 18.8 Å². The van der Waals surface area contributed by atoms with Crippen molar-refractivity contribution < 1.29 is 14.6 Å². The quantitative estimate of drug-likeness (QED) is 0.688. The van der Waals surface area contributed by atoms with Crippen LogP contribution < -0.4 is 0 Å². The minimum atomic E-state index is -0.950. The Morgan fingerprint density at radius 1 is 1.16 bits per heavy atom. The van der Waals surface area contributed by atoms with E-state index in [0.29, 0.717) is 16.3 Å². The molecule has 1 aromatic heterocycles. The molecule has 0 unspecified atom stereocenters. The fraction of sp³-hybridized carbons (Fsp3) is 0.250. The molecule has 0 radical (unpaired) electrons. The lowest BCUT2D eigenvalue weighted by Gasteiger charge is -2.22. The first-order chi connectivity index (χ1) is 12.1. The van der Waals surface area contributed by atoms with Crippen molar-refractivity contribution in [2.75, 3.05) is 13.2 Å². The lowest BCUT2D eigenvalue weighted by Crippen LogP contribution is -2.13. The van der Waals surface area contributed by atoms with Gasteiger partial charge >= 0.3 is 5.97 Å². The van der Waals surface area contributed by atoms with Crippen molar-refractivity contribution in [3.63, 3.8) is 0 Å². The van der Waals surface area contributed by atoms with Crippen molar-refractivity contribution >= 4 is 28.5 Å². The van der Waals surface area contributed by atoms with Crippen LogP contribution in [0.5, 0.6) is 0 Å². The standard InChI is InChI=1S/C20H18ClNO3/c21-18-10-19-16(17(11-22-19)20(23)24)9-15(18)14-3-1-12(2-4-14)13-5-7-25-8-6-13/h1-4,9-11,13,22H,5-8H2,(H,23,24). The second-order valence-electron chi connectivity index (χ2n) is 6.39. The second kappa shape index (κ2) is 6.54. The minimum Gasteiger partial charge on any atom is -0.478 e. The summed E-state index contributed by atoms with van der Waals surface area (Å²) in [5, 5.41) is 10.6. The molecule has 2 heterocycles. The molecule has 0 spiro atoms. The highest BCUT2D eigenvalue weighted by molar-refractivity contribution is 6.34. The van der Waals surface area contributed by atoms with Gasteiger partial charge in [-0.1, -0.05) is 35.9 Å². The Hall–Kier alpha value is -2.30. The zero-order valence-electron chi connectivity index (χ0n) is 13.6. The van der Waals surface area contributed by atoms with E-state index in [2.05, 4.69) is 29.2 Å². The summed E-state index contributed by atoms with van der Waals surface area (Å²) in [7, 11) is 0. The van der Waals surface area contributed by atoms with E-state index in [1.54, 1.807) is 6.07 Å². The Morgan fingerprint density at radius 2 is 1.88 bits per heavy atom. The van der Waals surface area contributed by atoms with Crippen LogP contribution in [0.4, 0.5) is 0 Å². The maximum Gasteiger partial charge on any atom is 0.337 e. The number of hydrogen-bond donors (Lipinski definition) is 2. The van der Waals surface area contributed by atoms with Gasteiger partial charge in [-0.25, -0.2) is 4.79 Å².